The Hall–Kier alpha value is -1.45. The van der Waals surface area contributed by atoms with E-state index in [-0.39, 0.29) is 6.61 Å². The maximum absolute atomic E-state index is 8.97. The van der Waals surface area contributed by atoms with Crippen LogP contribution in [0.2, 0.25) is 0 Å². The lowest BCUT2D eigenvalue weighted by Crippen LogP contribution is -2.13. The highest BCUT2D eigenvalue weighted by molar-refractivity contribution is 7.99. The van der Waals surface area contributed by atoms with E-state index in [1.807, 2.05) is 11.8 Å². The first kappa shape index (κ1) is 14.5. The molecule has 1 unspecified atom stereocenters. The molecule has 0 amide bonds. The summed E-state index contributed by atoms with van der Waals surface area (Å²) in [4.78, 5) is 0. The molecular weight excluding hydrogens is 278 g/mol. The second kappa shape index (κ2) is 7.01. The SMILES string of the molecule is OCCc1ccc(NC2CSCCc3ccccc32)cc1. The molecule has 0 saturated heterocycles. The van der Waals surface area contributed by atoms with E-state index < -0.39 is 0 Å². The van der Waals surface area contributed by atoms with E-state index in [9.17, 15) is 0 Å². The van der Waals surface area contributed by atoms with Crippen molar-refractivity contribution in [2.24, 2.45) is 0 Å². The monoisotopic (exact) mass is 299 g/mol. The van der Waals surface area contributed by atoms with Crippen LogP contribution in [0.15, 0.2) is 48.5 Å². The van der Waals surface area contributed by atoms with E-state index in [0.717, 1.165) is 24.3 Å². The molecule has 1 aliphatic heterocycles. The average molecular weight is 299 g/mol. The lowest BCUT2D eigenvalue weighted by Gasteiger charge is -2.20. The Morgan fingerprint density at radius 2 is 1.90 bits per heavy atom. The Balaban J connectivity index is 1.77. The molecular formula is C18H21NOS. The van der Waals surface area contributed by atoms with Crippen molar-refractivity contribution < 1.29 is 5.11 Å². The fourth-order valence-electron chi connectivity index (χ4n) is 2.79. The molecule has 21 heavy (non-hydrogen) atoms. The standard InChI is InChI=1S/C18H21NOS/c20-11-9-14-5-7-16(8-6-14)19-18-13-21-12-10-15-3-1-2-4-17(15)18/h1-8,18-20H,9-13H2. The zero-order valence-electron chi connectivity index (χ0n) is 12.1. The van der Waals surface area contributed by atoms with Crippen LogP contribution in [0.4, 0.5) is 5.69 Å². The number of thioether (sulfide) groups is 1. The van der Waals surface area contributed by atoms with Gasteiger partial charge in [-0.2, -0.15) is 11.8 Å². The fourth-order valence-corrected chi connectivity index (χ4v) is 3.82. The first-order valence-electron chi connectivity index (χ1n) is 7.49. The first-order valence-corrected chi connectivity index (χ1v) is 8.64. The normalized spacial score (nSPS) is 17.9. The quantitative estimate of drug-likeness (QED) is 0.903. The minimum atomic E-state index is 0.208. The Bertz CT molecular complexity index is 582. The van der Waals surface area contributed by atoms with Gasteiger partial charge in [0.15, 0.2) is 0 Å². The van der Waals surface area contributed by atoms with Gasteiger partial charge in [0.25, 0.3) is 0 Å². The van der Waals surface area contributed by atoms with E-state index >= 15 is 0 Å². The van der Waals surface area contributed by atoms with Crippen molar-refractivity contribution in [3.05, 3.63) is 65.2 Å². The summed E-state index contributed by atoms with van der Waals surface area (Å²) in [7, 11) is 0. The van der Waals surface area contributed by atoms with Gasteiger partial charge in [0.1, 0.15) is 0 Å². The highest BCUT2D eigenvalue weighted by atomic mass is 32.2. The Morgan fingerprint density at radius 3 is 2.71 bits per heavy atom. The number of nitrogens with one attached hydrogen (secondary N) is 1. The molecule has 0 fully saturated rings. The summed E-state index contributed by atoms with van der Waals surface area (Å²) in [6.45, 7) is 0.208. The predicted octanol–water partition coefficient (Wildman–Crippen LogP) is 3.66. The van der Waals surface area contributed by atoms with Crippen molar-refractivity contribution in [1.29, 1.82) is 0 Å². The van der Waals surface area contributed by atoms with Crippen LogP contribution in [-0.4, -0.2) is 23.2 Å². The zero-order valence-corrected chi connectivity index (χ0v) is 12.9. The molecule has 2 nitrogen and oxygen atoms in total. The molecule has 1 atom stereocenters. The van der Waals surface area contributed by atoms with Gasteiger partial charge in [-0.15, -0.1) is 0 Å². The predicted molar refractivity (Wildman–Crippen MR) is 91.1 cm³/mol. The van der Waals surface area contributed by atoms with E-state index in [1.165, 1.54) is 22.4 Å². The van der Waals surface area contributed by atoms with E-state index in [2.05, 4.69) is 53.8 Å². The summed E-state index contributed by atoms with van der Waals surface area (Å²) < 4.78 is 0. The highest BCUT2D eigenvalue weighted by Crippen LogP contribution is 2.30. The van der Waals surface area contributed by atoms with Gasteiger partial charge in [-0.1, -0.05) is 36.4 Å². The van der Waals surface area contributed by atoms with Gasteiger partial charge < -0.3 is 10.4 Å². The number of fused-ring (bicyclic) bond motifs is 1. The number of aliphatic hydroxyl groups is 1. The zero-order chi connectivity index (χ0) is 14.5. The van der Waals surface area contributed by atoms with Crippen molar-refractivity contribution in [2.75, 3.05) is 23.4 Å². The number of rotatable bonds is 4. The number of hydrogen-bond donors (Lipinski definition) is 2. The number of aliphatic hydroxyl groups excluding tert-OH is 1. The van der Waals surface area contributed by atoms with Crippen molar-refractivity contribution in [3.8, 4) is 0 Å². The van der Waals surface area contributed by atoms with Gasteiger partial charge in [0.05, 0.1) is 6.04 Å². The maximum atomic E-state index is 8.97. The molecule has 0 radical (unpaired) electrons. The second-order valence-electron chi connectivity index (χ2n) is 5.39. The van der Waals surface area contributed by atoms with E-state index in [4.69, 9.17) is 5.11 Å². The molecule has 3 rings (SSSR count). The Morgan fingerprint density at radius 1 is 1.10 bits per heavy atom. The molecule has 3 heteroatoms. The van der Waals surface area contributed by atoms with Crippen LogP contribution in [0.25, 0.3) is 0 Å². The number of benzene rings is 2. The summed E-state index contributed by atoms with van der Waals surface area (Å²) >= 11 is 2.02. The number of anilines is 1. The van der Waals surface area contributed by atoms with Crippen LogP contribution in [0.3, 0.4) is 0 Å². The average Bonchev–Trinajstić information content (AvgIpc) is 2.72. The van der Waals surface area contributed by atoms with Crippen LogP contribution in [0.5, 0.6) is 0 Å². The van der Waals surface area contributed by atoms with Crippen molar-refractivity contribution in [1.82, 2.24) is 0 Å². The van der Waals surface area contributed by atoms with Gasteiger partial charge in [-0.25, -0.2) is 0 Å². The smallest absolute Gasteiger partial charge is 0.0606 e. The third-order valence-electron chi connectivity index (χ3n) is 3.93. The number of aryl methyl sites for hydroxylation is 1. The summed E-state index contributed by atoms with van der Waals surface area (Å²) in [6, 6.07) is 17.6. The second-order valence-corrected chi connectivity index (χ2v) is 6.54. The van der Waals surface area contributed by atoms with Gasteiger partial charge in [0.2, 0.25) is 0 Å². The molecule has 2 aromatic carbocycles. The lowest BCUT2D eigenvalue weighted by atomic mass is 9.99. The van der Waals surface area contributed by atoms with Crippen molar-refractivity contribution in [2.45, 2.75) is 18.9 Å². The molecule has 2 aromatic rings. The Kier molecular flexibility index (Phi) is 4.84. The molecule has 0 saturated carbocycles. The summed E-state index contributed by atoms with van der Waals surface area (Å²) in [6.07, 6.45) is 1.89. The van der Waals surface area contributed by atoms with Gasteiger partial charge in [0, 0.05) is 18.0 Å². The molecule has 2 N–H and O–H groups in total. The third kappa shape index (κ3) is 3.60. The van der Waals surface area contributed by atoms with Crippen LogP contribution in [0, 0.1) is 0 Å². The molecule has 1 aliphatic rings. The third-order valence-corrected chi connectivity index (χ3v) is 4.99. The topological polar surface area (TPSA) is 32.3 Å². The van der Waals surface area contributed by atoms with Gasteiger partial charge in [-0.05, 0) is 47.4 Å². The number of hydrogen-bond acceptors (Lipinski definition) is 3. The molecule has 110 valence electrons. The highest BCUT2D eigenvalue weighted by Gasteiger charge is 2.18. The summed E-state index contributed by atoms with van der Waals surface area (Å²) in [5.74, 6) is 2.31. The molecule has 0 aromatic heterocycles. The van der Waals surface area contributed by atoms with Crippen LogP contribution in [-0.2, 0) is 12.8 Å². The Labute approximate surface area is 130 Å². The first-order chi connectivity index (χ1) is 10.4. The molecule has 0 bridgehead atoms. The fraction of sp³-hybridized carbons (Fsp3) is 0.333. The summed E-state index contributed by atoms with van der Waals surface area (Å²) in [5.41, 5.74) is 5.23. The van der Waals surface area contributed by atoms with Crippen LogP contribution in [0.1, 0.15) is 22.7 Å². The van der Waals surface area contributed by atoms with Gasteiger partial charge in [-0.3, -0.25) is 0 Å². The largest absolute Gasteiger partial charge is 0.396 e. The minimum absolute atomic E-state index is 0.208. The van der Waals surface area contributed by atoms with E-state index in [0.29, 0.717) is 6.04 Å². The van der Waals surface area contributed by atoms with Crippen molar-refractivity contribution >= 4 is 17.4 Å². The van der Waals surface area contributed by atoms with E-state index in [1.54, 1.807) is 0 Å². The van der Waals surface area contributed by atoms with Gasteiger partial charge >= 0.3 is 0 Å². The van der Waals surface area contributed by atoms with Crippen LogP contribution < -0.4 is 5.32 Å². The van der Waals surface area contributed by atoms with Crippen LogP contribution >= 0.6 is 11.8 Å². The maximum Gasteiger partial charge on any atom is 0.0606 e. The van der Waals surface area contributed by atoms with Crippen molar-refractivity contribution in [3.63, 3.8) is 0 Å². The minimum Gasteiger partial charge on any atom is -0.396 e. The molecule has 0 aliphatic carbocycles. The molecule has 0 spiro atoms. The lowest BCUT2D eigenvalue weighted by molar-refractivity contribution is 0.299. The summed E-state index contributed by atoms with van der Waals surface area (Å²) in [5, 5.41) is 12.6. The molecule has 1 heterocycles.